The summed E-state index contributed by atoms with van der Waals surface area (Å²) < 4.78 is 0. The molecule has 2 N–H and O–H groups in total. The zero-order valence-electron chi connectivity index (χ0n) is 11.4. The van der Waals surface area contributed by atoms with Crippen LogP contribution >= 0.6 is 23.4 Å². The molecule has 0 atom stereocenters. The van der Waals surface area contributed by atoms with E-state index >= 15 is 0 Å². The van der Waals surface area contributed by atoms with Crippen LogP contribution in [0.2, 0.25) is 5.02 Å². The molecule has 0 aromatic heterocycles. The summed E-state index contributed by atoms with van der Waals surface area (Å²) in [6.07, 6.45) is 4.17. The van der Waals surface area contributed by atoms with Crippen LogP contribution in [0.15, 0.2) is 29.2 Å². The summed E-state index contributed by atoms with van der Waals surface area (Å²) in [5.74, 6) is 0.734. The number of nitrogens with one attached hydrogen (secondary N) is 1. The zero-order chi connectivity index (χ0) is 14.4. The van der Waals surface area contributed by atoms with Crippen LogP contribution in [0.3, 0.4) is 0 Å². The van der Waals surface area contributed by atoms with Crippen molar-refractivity contribution in [3.05, 3.63) is 29.3 Å². The molecular formula is C15H20ClNO2S. The number of halogens is 1. The maximum Gasteiger partial charge on any atom is 0.220 e. The zero-order valence-corrected chi connectivity index (χ0v) is 13.0. The number of thioether (sulfide) groups is 1. The Balaban J connectivity index is 1.64. The average molecular weight is 314 g/mol. The van der Waals surface area contributed by atoms with Crippen LogP contribution in [0.5, 0.6) is 0 Å². The highest BCUT2D eigenvalue weighted by Crippen LogP contribution is 2.28. The normalized spacial score (nSPS) is 17.1. The van der Waals surface area contributed by atoms with Gasteiger partial charge in [0.1, 0.15) is 0 Å². The van der Waals surface area contributed by atoms with E-state index in [0.29, 0.717) is 13.0 Å². The van der Waals surface area contributed by atoms with Gasteiger partial charge in [-0.15, -0.1) is 11.8 Å². The van der Waals surface area contributed by atoms with Gasteiger partial charge in [0.25, 0.3) is 0 Å². The van der Waals surface area contributed by atoms with Crippen LogP contribution in [-0.2, 0) is 4.79 Å². The van der Waals surface area contributed by atoms with Crippen molar-refractivity contribution in [3.63, 3.8) is 0 Å². The lowest BCUT2D eigenvalue weighted by molar-refractivity contribution is -0.121. The van der Waals surface area contributed by atoms with Crippen LogP contribution in [0.4, 0.5) is 0 Å². The summed E-state index contributed by atoms with van der Waals surface area (Å²) in [5.41, 5.74) is -0.668. The van der Waals surface area contributed by atoms with E-state index in [-0.39, 0.29) is 5.91 Å². The van der Waals surface area contributed by atoms with Crippen LogP contribution in [-0.4, -0.2) is 28.9 Å². The quantitative estimate of drug-likeness (QED) is 0.793. The Bertz CT molecular complexity index is 444. The van der Waals surface area contributed by atoms with E-state index in [9.17, 15) is 9.90 Å². The second kappa shape index (κ2) is 7.34. The molecule has 1 aliphatic carbocycles. The molecule has 0 heterocycles. The number of amides is 1. The molecule has 5 heteroatoms. The van der Waals surface area contributed by atoms with Gasteiger partial charge in [0, 0.05) is 28.6 Å². The minimum absolute atomic E-state index is 0.00629. The van der Waals surface area contributed by atoms with E-state index in [1.807, 2.05) is 24.3 Å². The van der Waals surface area contributed by atoms with Gasteiger partial charge >= 0.3 is 0 Å². The highest BCUT2D eigenvalue weighted by Gasteiger charge is 2.31. The van der Waals surface area contributed by atoms with Crippen molar-refractivity contribution in [1.82, 2.24) is 5.32 Å². The van der Waals surface area contributed by atoms with Gasteiger partial charge in [0.15, 0.2) is 0 Å². The molecule has 2 rings (SSSR count). The van der Waals surface area contributed by atoms with Gasteiger partial charge in [-0.05, 0) is 37.1 Å². The van der Waals surface area contributed by atoms with Crippen LogP contribution in [0.25, 0.3) is 0 Å². The van der Waals surface area contributed by atoms with E-state index in [1.54, 1.807) is 11.8 Å². The first-order valence-corrected chi connectivity index (χ1v) is 8.31. The molecule has 0 unspecified atom stereocenters. The Morgan fingerprint density at radius 2 is 1.95 bits per heavy atom. The summed E-state index contributed by atoms with van der Waals surface area (Å²) in [5, 5.41) is 13.7. The van der Waals surface area contributed by atoms with Gasteiger partial charge in [-0.2, -0.15) is 0 Å². The molecule has 3 nitrogen and oxygen atoms in total. The summed E-state index contributed by atoms with van der Waals surface area (Å²) in [7, 11) is 0. The first-order valence-electron chi connectivity index (χ1n) is 6.95. The third kappa shape index (κ3) is 5.00. The van der Waals surface area contributed by atoms with Gasteiger partial charge in [0.05, 0.1) is 5.60 Å². The average Bonchev–Trinajstić information content (AvgIpc) is 2.86. The Morgan fingerprint density at radius 1 is 1.30 bits per heavy atom. The smallest absolute Gasteiger partial charge is 0.220 e. The molecule has 1 saturated carbocycles. The second-order valence-electron chi connectivity index (χ2n) is 5.26. The minimum Gasteiger partial charge on any atom is -0.388 e. The van der Waals surface area contributed by atoms with Crippen molar-refractivity contribution >= 4 is 29.3 Å². The van der Waals surface area contributed by atoms with E-state index in [1.165, 1.54) is 0 Å². The number of rotatable bonds is 6. The molecular weight excluding hydrogens is 294 g/mol. The summed E-state index contributed by atoms with van der Waals surface area (Å²) >= 11 is 7.45. The van der Waals surface area contributed by atoms with Crippen molar-refractivity contribution in [1.29, 1.82) is 0 Å². The van der Waals surface area contributed by atoms with Gasteiger partial charge in [-0.1, -0.05) is 24.4 Å². The van der Waals surface area contributed by atoms with Crippen molar-refractivity contribution in [2.24, 2.45) is 0 Å². The van der Waals surface area contributed by atoms with E-state index < -0.39 is 5.60 Å². The molecule has 1 aromatic carbocycles. The van der Waals surface area contributed by atoms with Crippen molar-refractivity contribution in [3.8, 4) is 0 Å². The molecule has 1 amide bonds. The van der Waals surface area contributed by atoms with E-state index in [2.05, 4.69) is 5.32 Å². The molecule has 110 valence electrons. The Labute approximate surface area is 129 Å². The third-order valence-electron chi connectivity index (χ3n) is 3.56. The van der Waals surface area contributed by atoms with Gasteiger partial charge < -0.3 is 10.4 Å². The maximum atomic E-state index is 11.7. The summed E-state index contributed by atoms with van der Waals surface area (Å²) in [6, 6.07) is 7.59. The number of hydrogen-bond donors (Lipinski definition) is 2. The molecule has 0 radical (unpaired) electrons. The highest BCUT2D eigenvalue weighted by atomic mass is 35.5. The molecule has 0 saturated heterocycles. The first-order chi connectivity index (χ1) is 9.57. The third-order valence-corrected chi connectivity index (χ3v) is 4.83. The number of aliphatic hydroxyl groups is 1. The Hall–Kier alpha value is -0.710. The van der Waals surface area contributed by atoms with Gasteiger partial charge in [-0.25, -0.2) is 0 Å². The SMILES string of the molecule is O=C(CCSc1ccc(Cl)cc1)NCC1(O)CCCC1. The fraction of sp³-hybridized carbons (Fsp3) is 0.533. The highest BCUT2D eigenvalue weighted by molar-refractivity contribution is 7.99. The number of carbonyl (C=O) groups excluding carboxylic acids is 1. The molecule has 0 spiro atoms. The van der Waals surface area contributed by atoms with Crippen molar-refractivity contribution in [2.45, 2.75) is 42.6 Å². The van der Waals surface area contributed by atoms with Crippen LogP contribution < -0.4 is 5.32 Å². The second-order valence-corrected chi connectivity index (χ2v) is 6.87. The molecule has 1 fully saturated rings. The van der Waals surface area contributed by atoms with Gasteiger partial charge in [-0.3, -0.25) is 4.79 Å². The first kappa shape index (κ1) is 15.7. The molecule has 0 aliphatic heterocycles. The minimum atomic E-state index is -0.668. The fourth-order valence-electron chi connectivity index (χ4n) is 2.35. The largest absolute Gasteiger partial charge is 0.388 e. The predicted molar refractivity (Wildman–Crippen MR) is 83.2 cm³/mol. The number of hydrogen-bond acceptors (Lipinski definition) is 3. The molecule has 20 heavy (non-hydrogen) atoms. The number of benzene rings is 1. The summed E-state index contributed by atoms with van der Waals surface area (Å²) in [4.78, 5) is 12.8. The monoisotopic (exact) mass is 313 g/mol. The lowest BCUT2D eigenvalue weighted by Gasteiger charge is -2.22. The van der Waals surface area contributed by atoms with Crippen LogP contribution in [0.1, 0.15) is 32.1 Å². The molecule has 1 aliphatic rings. The standard InChI is InChI=1S/C15H20ClNO2S/c16-12-3-5-13(6-4-12)20-10-7-14(18)17-11-15(19)8-1-2-9-15/h3-6,19H,1-2,7-11H2,(H,17,18). The Morgan fingerprint density at radius 3 is 2.60 bits per heavy atom. The van der Waals surface area contributed by atoms with E-state index in [4.69, 9.17) is 11.6 Å². The maximum absolute atomic E-state index is 11.7. The molecule has 1 aromatic rings. The van der Waals surface area contributed by atoms with Crippen LogP contribution in [0, 0.1) is 0 Å². The van der Waals surface area contributed by atoms with Gasteiger partial charge in [0.2, 0.25) is 5.91 Å². The summed E-state index contributed by atoms with van der Waals surface area (Å²) in [6.45, 7) is 0.386. The van der Waals surface area contributed by atoms with Crippen molar-refractivity contribution in [2.75, 3.05) is 12.3 Å². The Kier molecular flexibility index (Phi) is 5.75. The predicted octanol–water partition coefficient (Wildman–Crippen LogP) is 3.24. The fourth-order valence-corrected chi connectivity index (χ4v) is 3.33. The number of carbonyl (C=O) groups is 1. The topological polar surface area (TPSA) is 49.3 Å². The van der Waals surface area contributed by atoms with Crippen molar-refractivity contribution < 1.29 is 9.90 Å². The lowest BCUT2D eigenvalue weighted by Crippen LogP contribution is -2.40. The molecule has 0 bridgehead atoms. The lowest BCUT2D eigenvalue weighted by atomic mass is 10.0. The van der Waals surface area contributed by atoms with E-state index in [0.717, 1.165) is 41.4 Å².